The molecule has 1 heterocycles. The largest absolute Gasteiger partial charge is 0.356 e. The predicted molar refractivity (Wildman–Crippen MR) is 103 cm³/mol. The van der Waals surface area contributed by atoms with Gasteiger partial charge in [-0.1, -0.05) is 0 Å². The van der Waals surface area contributed by atoms with Gasteiger partial charge in [0.25, 0.3) is 0 Å². The Morgan fingerprint density at radius 1 is 1.32 bits per heavy atom. The highest BCUT2D eigenvalue weighted by atomic mass is 127. The van der Waals surface area contributed by atoms with E-state index in [0.717, 1.165) is 29.9 Å². The Morgan fingerprint density at radius 2 is 2.00 bits per heavy atom. The molecule has 1 aromatic rings. The number of rotatable bonds is 8. The molecule has 0 spiro atoms. The Bertz CT molecular complexity index is 560. The summed E-state index contributed by atoms with van der Waals surface area (Å²) in [7, 11) is -1.40. The van der Waals surface area contributed by atoms with Gasteiger partial charge in [0.1, 0.15) is 0 Å². The van der Waals surface area contributed by atoms with Crippen LogP contribution >= 0.6 is 35.3 Å². The maximum atomic E-state index is 10.9. The zero-order chi connectivity index (χ0) is 15.7. The van der Waals surface area contributed by atoms with Crippen molar-refractivity contribution in [3.8, 4) is 0 Å². The SMILES string of the molecule is CN=C(NCCCNS(C)(=O)=O)NCCc1csc(C)n1.I. The summed E-state index contributed by atoms with van der Waals surface area (Å²) >= 11 is 1.65. The lowest BCUT2D eigenvalue weighted by molar-refractivity contribution is 0.584. The second-order valence-corrected chi connectivity index (χ2v) is 7.45. The molecule has 22 heavy (non-hydrogen) atoms. The van der Waals surface area contributed by atoms with E-state index in [1.165, 1.54) is 0 Å². The Hall–Kier alpha value is -0.460. The number of aromatic nitrogens is 1. The zero-order valence-electron chi connectivity index (χ0n) is 13.0. The molecule has 1 aromatic heterocycles. The van der Waals surface area contributed by atoms with E-state index in [4.69, 9.17) is 0 Å². The molecule has 0 fully saturated rings. The average molecular weight is 461 g/mol. The van der Waals surface area contributed by atoms with Gasteiger partial charge in [0.2, 0.25) is 10.0 Å². The third-order valence-electron chi connectivity index (χ3n) is 2.57. The van der Waals surface area contributed by atoms with Gasteiger partial charge in [0.15, 0.2) is 5.96 Å². The van der Waals surface area contributed by atoms with Crippen molar-refractivity contribution in [2.45, 2.75) is 19.8 Å². The number of aryl methyl sites for hydroxylation is 1. The maximum Gasteiger partial charge on any atom is 0.208 e. The highest BCUT2D eigenvalue weighted by Gasteiger charge is 2.01. The van der Waals surface area contributed by atoms with Gasteiger partial charge in [-0.2, -0.15) is 0 Å². The lowest BCUT2D eigenvalue weighted by atomic mass is 10.3. The molecule has 3 N–H and O–H groups in total. The van der Waals surface area contributed by atoms with Gasteiger partial charge in [0, 0.05) is 38.5 Å². The molecule has 7 nitrogen and oxygen atoms in total. The normalized spacial score (nSPS) is 11.9. The second kappa shape index (κ2) is 11.1. The van der Waals surface area contributed by atoms with Crippen LogP contribution in [0, 0.1) is 6.92 Å². The Kier molecular flexibility index (Phi) is 10.9. The minimum Gasteiger partial charge on any atom is -0.356 e. The summed E-state index contributed by atoms with van der Waals surface area (Å²) in [4.78, 5) is 8.50. The van der Waals surface area contributed by atoms with E-state index in [9.17, 15) is 8.42 Å². The highest BCUT2D eigenvalue weighted by Crippen LogP contribution is 2.07. The summed E-state index contributed by atoms with van der Waals surface area (Å²) in [6, 6.07) is 0. The minimum absolute atomic E-state index is 0. The quantitative estimate of drug-likeness (QED) is 0.230. The molecule has 10 heteroatoms. The van der Waals surface area contributed by atoms with Crippen molar-refractivity contribution >= 4 is 51.3 Å². The predicted octanol–water partition coefficient (Wildman–Crippen LogP) is 0.716. The van der Waals surface area contributed by atoms with Crippen molar-refractivity contribution in [3.63, 3.8) is 0 Å². The first-order chi connectivity index (χ1) is 9.90. The summed E-state index contributed by atoms with van der Waals surface area (Å²) in [5.74, 6) is 0.710. The van der Waals surface area contributed by atoms with Crippen molar-refractivity contribution in [3.05, 3.63) is 16.1 Å². The number of hydrogen-bond donors (Lipinski definition) is 3. The standard InChI is InChI=1S/C12H23N5O2S2.HI/c1-10-17-11(9-20-10)5-8-15-12(13-2)14-6-4-7-16-21(3,18)19;/h9,16H,4-8H2,1-3H3,(H2,13,14,15);1H. The molecule has 0 aliphatic carbocycles. The van der Waals surface area contributed by atoms with Crippen LogP contribution in [-0.2, 0) is 16.4 Å². The molecular weight excluding hydrogens is 437 g/mol. The third-order valence-corrected chi connectivity index (χ3v) is 4.12. The van der Waals surface area contributed by atoms with Crippen LogP contribution < -0.4 is 15.4 Å². The van der Waals surface area contributed by atoms with E-state index in [0.29, 0.717) is 25.5 Å². The summed E-state index contributed by atoms with van der Waals surface area (Å²) in [5, 5.41) is 9.47. The molecule has 1 rings (SSSR count). The van der Waals surface area contributed by atoms with E-state index < -0.39 is 10.0 Å². The molecule has 0 aliphatic heterocycles. The van der Waals surface area contributed by atoms with Crippen LogP contribution in [-0.4, -0.2) is 52.3 Å². The first kappa shape index (κ1) is 21.5. The number of thiazole rings is 1. The van der Waals surface area contributed by atoms with Gasteiger partial charge in [-0.05, 0) is 13.3 Å². The first-order valence-corrected chi connectivity index (χ1v) is 9.48. The fourth-order valence-corrected chi connectivity index (χ4v) is 2.77. The van der Waals surface area contributed by atoms with Crippen LogP contribution in [0.3, 0.4) is 0 Å². The minimum atomic E-state index is -3.10. The Balaban J connectivity index is 0.00000441. The molecular formula is C12H24IN5O2S2. The Labute approximate surface area is 153 Å². The number of hydrogen-bond acceptors (Lipinski definition) is 5. The average Bonchev–Trinajstić information content (AvgIpc) is 2.80. The van der Waals surface area contributed by atoms with Crippen molar-refractivity contribution in [2.24, 2.45) is 4.99 Å². The van der Waals surface area contributed by atoms with Gasteiger partial charge >= 0.3 is 0 Å². The smallest absolute Gasteiger partial charge is 0.208 e. The molecule has 0 bridgehead atoms. The van der Waals surface area contributed by atoms with Gasteiger partial charge in [-0.25, -0.2) is 18.1 Å². The summed E-state index contributed by atoms with van der Waals surface area (Å²) in [6.07, 6.45) is 2.70. The number of sulfonamides is 1. The van der Waals surface area contributed by atoms with E-state index >= 15 is 0 Å². The molecule has 0 saturated heterocycles. The molecule has 0 atom stereocenters. The fourth-order valence-electron chi connectivity index (χ4n) is 1.61. The lowest BCUT2D eigenvalue weighted by Gasteiger charge is -2.11. The number of guanidine groups is 1. The van der Waals surface area contributed by atoms with E-state index in [1.54, 1.807) is 18.4 Å². The monoisotopic (exact) mass is 461 g/mol. The molecule has 0 amide bonds. The molecule has 0 unspecified atom stereocenters. The van der Waals surface area contributed by atoms with E-state index in [1.807, 2.05) is 6.92 Å². The zero-order valence-corrected chi connectivity index (χ0v) is 17.0. The van der Waals surface area contributed by atoms with Gasteiger partial charge < -0.3 is 10.6 Å². The molecule has 0 saturated carbocycles. The van der Waals surface area contributed by atoms with Crippen LogP contribution in [0.25, 0.3) is 0 Å². The molecule has 0 radical (unpaired) electrons. The van der Waals surface area contributed by atoms with Crippen molar-refractivity contribution in [1.29, 1.82) is 0 Å². The van der Waals surface area contributed by atoms with Gasteiger partial charge in [0.05, 0.1) is 17.0 Å². The second-order valence-electron chi connectivity index (χ2n) is 4.55. The van der Waals surface area contributed by atoms with Crippen LogP contribution in [0.5, 0.6) is 0 Å². The summed E-state index contributed by atoms with van der Waals surface area (Å²) < 4.78 is 24.2. The first-order valence-electron chi connectivity index (χ1n) is 6.71. The van der Waals surface area contributed by atoms with Crippen LogP contribution in [0.1, 0.15) is 17.1 Å². The highest BCUT2D eigenvalue weighted by molar-refractivity contribution is 14.0. The number of aliphatic imine (C=N–C) groups is 1. The van der Waals surface area contributed by atoms with Crippen molar-refractivity contribution in [1.82, 2.24) is 20.3 Å². The number of nitrogens with zero attached hydrogens (tertiary/aromatic N) is 2. The van der Waals surface area contributed by atoms with Gasteiger partial charge in [-0.3, -0.25) is 4.99 Å². The lowest BCUT2D eigenvalue weighted by Crippen LogP contribution is -2.39. The van der Waals surface area contributed by atoms with E-state index in [2.05, 4.69) is 30.7 Å². The summed E-state index contributed by atoms with van der Waals surface area (Å²) in [6.45, 7) is 3.82. The molecule has 0 aliphatic rings. The van der Waals surface area contributed by atoms with E-state index in [-0.39, 0.29) is 24.0 Å². The van der Waals surface area contributed by atoms with Gasteiger partial charge in [-0.15, -0.1) is 35.3 Å². The topological polar surface area (TPSA) is 95.5 Å². The third kappa shape index (κ3) is 10.3. The number of nitrogens with one attached hydrogen (secondary N) is 3. The Morgan fingerprint density at radius 3 is 2.55 bits per heavy atom. The van der Waals surface area contributed by atoms with Crippen LogP contribution in [0.15, 0.2) is 10.4 Å². The molecule has 128 valence electrons. The molecule has 0 aromatic carbocycles. The van der Waals surface area contributed by atoms with Crippen LogP contribution in [0.4, 0.5) is 0 Å². The van der Waals surface area contributed by atoms with Crippen molar-refractivity contribution in [2.75, 3.05) is 32.9 Å². The number of halogens is 1. The fraction of sp³-hybridized carbons (Fsp3) is 0.667. The van der Waals surface area contributed by atoms with Crippen molar-refractivity contribution < 1.29 is 8.42 Å². The summed E-state index contributed by atoms with van der Waals surface area (Å²) in [5.41, 5.74) is 1.08. The maximum absolute atomic E-state index is 10.9. The van der Waals surface area contributed by atoms with Crippen LogP contribution in [0.2, 0.25) is 0 Å².